The second-order valence-corrected chi connectivity index (χ2v) is 3.93. The van der Waals surface area contributed by atoms with E-state index in [0.717, 1.165) is 26.1 Å². The molecule has 0 aliphatic rings. The van der Waals surface area contributed by atoms with Crippen LogP contribution >= 0.6 is 0 Å². The van der Waals surface area contributed by atoms with Crippen molar-refractivity contribution in [1.82, 2.24) is 9.88 Å². The summed E-state index contributed by atoms with van der Waals surface area (Å²) in [6.45, 7) is 4.78. The highest BCUT2D eigenvalue weighted by atomic mass is 16.4. The maximum Gasteiger partial charge on any atom is 0.303 e. The molecule has 1 aromatic rings. The Hall–Kier alpha value is -1.29. The van der Waals surface area contributed by atoms with Gasteiger partial charge in [-0.2, -0.15) is 0 Å². The van der Waals surface area contributed by atoms with Crippen LogP contribution in [0.15, 0.2) is 18.5 Å². The molecule has 0 aromatic carbocycles. The second kappa shape index (κ2) is 7.06. The Kier molecular flexibility index (Phi) is 5.64. The van der Waals surface area contributed by atoms with Crippen LogP contribution in [0.2, 0.25) is 0 Å². The van der Waals surface area contributed by atoms with Gasteiger partial charge in [0.1, 0.15) is 0 Å². The summed E-state index contributed by atoms with van der Waals surface area (Å²) in [6, 6.07) is 2.10. The topological polar surface area (TPSA) is 54.3 Å². The summed E-state index contributed by atoms with van der Waals surface area (Å²) in [6.07, 6.45) is 6.28. The van der Waals surface area contributed by atoms with Crippen LogP contribution in [0.1, 0.15) is 31.7 Å². The van der Waals surface area contributed by atoms with E-state index in [1.807, 2.05) is 0 Å². The maximum absolute atomic E-state index is 10.3. The Morgan fingerprint density at radius 1 is 1.56 bits per heavy atom. The average Bonchev–Trinajstić information content (AvgIpc) is 2.65. The lowest BCUT2D eigenvalue weighted by Gasteiger charge is -2.01. The van der Waals surface area contributed by atoms with Crippen molar-refractivity contribution in [2.45, 2.75) is 39.3 Å². The van der Waals surface area contributed by atoms with E-state index >= 15 is 0 Å². The number of hydrogen-bond acceptors (Lipinski definition) is 2. The fraction of sp³-hybridized carbons (Fsp3) is 0.583. The van der Waals surface area contributed by atoms with Crippen LogP contribution in [0, 0.1) is 0 Å². The van der Waals surface area contributed by atoms with Crippen molar-refractivity contribution in [2.75, 3.05) is 6.54 Å². The first kappa shape index (κ1) is 12.8. The number of aromatic nitrogens is 1. The minimum atomic E-state index is -0.726. The van der Waals surface area contributed by atoms with Gasteiger partial charge in [0.05, 0.1) is 0 Å². The Bertz CT molecular complexity index is 321. The molecule has 4 heteroatoms. The van der Waals surface area contributed by atoms with Crippen LogP contribution in [0.5, 0.6) is 0 Å². The molecule has 0 unspecified atom stereocenters. The molecule has 2 N–H and O–H groups in total. The van der Waals surface area contributed by atoms with Crippen molar-refractivity contribution in [2.24, 2.45) is 0 Å². The van der Waals surface area contributed by atoms with E-state index < -0.39 is 5.97 Å². The molecule has 1 rings (SSSR count). The number of nitrogens with one attached hydrogen (secondary N) is 1. The Balaban J connectivity index is 2.14. The molecule has 90 valence electrons. The molecule has 0 radical (unpaired) electrons. The molecule has 0 aliphatic carbocycles. The first-order chi connectivity index (χ1) is 7.72. The van der Waals surface area contributed by atoms with Gasteiger partial charge in [-0.1, -0.05) is 6.92 Å². The zero-order chi connectivity index (χ0) is 11.8. The molecule has 0 saturated heterocycles. The molecule has 16 heavy (non-hydrogen) atoms. The van der Waals surface area contributed by atoms with Crippen LogP contribution in [0.3, 0.4) is 0 Å². The van der Waals surface area contributed by atoms with E-state index in [1.54, 1.807) is 0 Å². The Morgan fingerprint density at radius 3 is 3.06 bits per heavy atom. The highest BCUT2D eigenvalue weighted by Gasteiger charge is 1.98. The summed E-state index contributed by atoms with van der Waals surface area (Å²) < 4.78 is 2.17. The quantitative estimate of drug-likeness (QED) is 0.663. The van der Waals surface area contributed by atoms with Gasteiger partial charge in [0.2, 0.25) is 0 Å². The molecular weight excluding hydrogens is 204 g/mol. The van der Waals surface area contributed by atoms with Crippen LogP contribution < -0.4 is 5.32 Å². The summed E-state index contributed by atoms with van der Waals surface area (Å²) in [5.74, 6) is -0.726. The largest absolute Gasteiger partial charge is 0.481 e. The van der Waals surface area contributed by atoms with Gasteiger partial charge in [0.15, 0.2) is 0 Å². The van der Waals surface area contributed by atoms with Crippen molar-refractivity contribution in [3.05, 3.63) is 24.0 Å². The van der Waals surface area contributed by atoms with Crippen molar-refractivity contribution in [1.29, 1.82) is 0 Å². The number of nitrogens with zero attached hydrogens (tertiary/aromatic N) is 1. The first-order valence-corrected chi connectivity index (χ1v) is 5.79. The number of rotatable bonds is 8. The standard InChI is InChI=1S/C12H20N2O2/c1-2-7-14-8-5-11(10-14)9-13-6-3-4-12(15)16/h5,8,10,13H,2-4,6-7,9H2,1H3,(H,15,16). The molecule has 0 amide bonds. The zero-order valence-electron chi connectivity index (χ0n) is 9.78. The number of aliphatic carboxylic acids is 1. The fourth-order valence-corrected chi connectivity index (χ4v) is 1.59. The minimum absolute atomic E-state index is 0.240. The van der Waals surface area contributed by atoms with E-state index in [9.17, 15) is 4.79 Å². The lowest BCUT2D eigenvalue weighted by molar-refractivity contribution is -0.137. The van der Waals surface area contributed by atoms with E-state index in [4.69, 9.17) is 5.11 Å². The molecular formula is C12H20N2O2. The number of aryl methyl sites for hydroxylation is 1. The molecule has 1 heterocycles. The normalized spacial score (nSPS) is 10.6. The van der Waals surface area contributed by atoms with E-state index in [-0.39, 0.29) is 6.42 Å². The minimum Gasteiger partial charge on any atom is -0.481 e. The molecule has 0 spiro atoms. The number of carbonyl (C=O) groups is 1. The summed E-state index contributed by atoms with van der Waals surface area (Å²) in [7, 11) is 0. The van der Waals surface area contributed by atoms with Crippen LogP contribution in [0.4, 0.5) is 0 Å². The van der Waals surface area contributed by atoms with Crippen molar-refractivity contribution in [3.63, 3.8) is 0 Å². The van der Waals surface area contributed by atoms with Crippen molar-refractivity contribution >= 4 is 5.97 Å². The van der Waals surface area contributed by atoms with Gasteiger partial charge < -0.3 is 15.0 Å². The van der Waals surface area contributed by atoms with E-state index in [0.29, 0.717) is 6.42 Å². The molecule has 0 saturated carbocycles. The third-order valence-corrected chi connectivity index (χ3v) is 2.37. The molecule has 1 aromatic heterocycles. The maximum atomic E-state index is 10.3. The first-order valence-electron chi connectivity index (χ1n) is 5.79. The molecule has 0 aliphatic heterocycles. The van der Waals surface area contributed by atoms with Gasteiger partial charge in [0, 0.05) is 31.9 Å². The summed E-state index contributed by atoms with van der Waals surface area (Å²) in [5.41, 5.74) is 1.25. The van der Waals surface area contributed by atoms with Crippen LogP contribution in [0.25, 0.3) is 0 Å². The Morgan fingerprint density at radius 2 is 2.38 bits per heavy atom. The lowest BCUT2D eigenvalue weighted by atomic mass is 10.3. The Labute approximate surface area is 96.3 Å². The predicted molar refractivity (Wildman–Crippen MR) is 63.3 cm³/mol. The number of carboxylic acids is 1. The van der Waals surface area contributed by atoms with Crippen LogP contribution in [-0.4, -0.2) is 22.2 Å². The molecule has 0 fully saturated rings. The fourth-order valence-electron chi connectivity index (χ4n) is 1.59. The average molecular weight is 224 g/mol. The van der Waals surface area contributed by atoms with Gasteiger partial charge in [0.25, 0.3) is 0 Å². The third kappa shape index (κ3) is 4.98. The number of carboxylic acid groups (broad SMARTS) is 1. The van der Waals surface area contributed by atoms with Gasteiger partial charge in [-0.3, -0.25) is 4.79 Å². The monoisotopic (exact) mass is 224 g/mol. The van der Waals surface area contributed by atoms with Crippen LogP contribution in [-0.2, 0) is 17.9 Å². The summed E-state index contributed by atoms with van der Waals surface area (Å²) in [5, 5.41) is 11.7. The summed E-state index contributed by atoms with van der Waals surface area (Å²) >= 11 is 0. The van der Waals surface area contributed by atoms with Gasteiger partial charge in [-0.25, -0.2) is 0 Å². The van der Waals surface area contributed by atoms with Crippen molar-refractivity contribution in [3.8, 4) is 0 Å². The highest BCUT2D eigenvalue weighted by Crippen LogP contribution is 2.02. The number of hydrogen-bond donors (Lipinski definition) is 2. The SMILES string of the molecule is CCCn1ccc(CNCCCC(=O)O)c1. The third-order valence-electron chi connectivity index (χ3n) is 2.37. The van der Waals surface area contributed by atoms with E-state index in [2.05, 4.69) is 35.3 Å². The highest BCUT2D eigenvalue weighted by molar-refractivity contribution is 5.66. The molecule has 0 atom stereocenters. The van der Waals surface area contributed by atoms with Gasteiger partial charge in [-0.05, 0) is 31.0 Å². The summed E-state index contributed by atoms with van der Waals surface area (Å²) in [4.78, 5) is 10.3. The zero-order valence-corrected chi connectivity index (χ0v) is 9.78. The van der Waals surface area contributed by atoms with Gasteiger partial charge in [-0.15, -0.1) is 0 Å². The van der Waals surface area contributed by atoms with Crippen molar-refractivity contribution < 1.29 is 9.90 Å². The smallest absolute Gasteiger partial charge is 0.303 e. The van der Waals surface area contributed by atoms with Gasteiger partial charge >= 0.3 is 5.97 Å². The molecule has 4 nitrogen and oxygen atoms in total. The second-order valence-electron chi connectivity index (χ2n) is 3.93. The lowest BCUT2D eigenvalue weighted by Crippen LogP contribution is -2.15. The van der Waals surface area contributed by atoms with E-state index in [1.165, 1.54) is 5.56 Å². The predicted octanol–water partition coefficient (Wildman–Crippen LogP) is 1.85. The molecule has 0 bridgehead atoms.